The second-order valence-electron chi connectivity index (χ2n) is 8.06. The Kier molecular flexibility index (Phi) is 8.48. The van der Waals surface area contributed by atoms with Gasteiger partial charge in [0.2, 0.25) is 0 Å². The molecule has 2 amide bonds. The number of hydrogen-bond donors (Lipinski definition) is 3. The summed E-state index contributed by atoms with van der Waals surface area (Å²) in [5, 5.41) is 13.9. The van der Waals surface area contributed by atoms with Crippen LogP contribution >= 0.6 is 0 Å². The van der Waals surface area contributed by atoms with Crippen molar-refractivity contribution < 1.29 is 24.2 Å². The summed E-state index contributed by atoms with van der Waals surface area (Å²) in [6, 6.07) is 16.2. The van der Waals surface area contributed by atoms with Crippen LogP contribution in [0.1, 0.15) is 43.2 Å². The van der Waals surface area contributed by atoms with E-state index in [1.165, 1.54) is 0 Å². The summed E-state index contributed by atoms with van der Waals surface area (Å²) in [5.74, 6) is 3.95. The predicted octanol–water partition coefficient (Wildman–Crippen LogP) is 3.54. The minimum atomic E-state index is -0.819. The monoisotopic (exact) mass is 448 g/mol. The van der Waals surface area contributed by atoms with E-state index in [0.29, 0.717) is 19.4 Å². The molecule has 7 heteroatoms. The van der Waals surface area contributed by atoms with Gasteiger partial charge in [0.1, 0.15) is 6.61 Å². The zero-order valence-corrected chi connectivity index (χ0v) is 18.6. The molecule has 0 bridgehead atoms. The first-order valence-electron chi connectivity index (χ1n) is 11.0. The van der Waals surface area contributed by atoms with Crippen LogP contribution in [0.25, 0.3) is 11.1 Å². The van der Waals surface area contributed by atoms with Crippen molar-refractivity contribution in [2.45, 2.75) is 32.1 Å². The Hall–Kier alpha value is -3.79. The second-order valence-corrected chi connectivity index (χ2v) is 8.06. The van der Waals surface area contributed by atoms with Crippen molar-refractivity contribution in [3.05, 3.63) is 59.7 Å². The molecule has 7 nitrogen and oxygen atoms in total. The number of carboxylic acids is 1. The largest absolute Gasteiger partial charge is 0.481 e. The van der Waals surface area contributed by atoms with E-state index in [2.05, 4.69) is 46.7 Å². The summed E-state index contributed by atoms with van der Waals surface area (Å²) < 4.78 is 5.42. The van der Waals surface area contributed by atoms with Crippen LogP contribution in [0.15, 0.2) is 48.5 Å². The summed E-state index contributed by atoms with van der Waals surface area (Å²) in [6.45, 7) is 2.58. The van der Waals surface area contributed by atoms with Gasteiger partial charge < -0.3 is 20.5 Å². The normalized spacial score (nSPS) is 12.5. The molecule has 0 heterocycles. The molecule has 0 spiro atoms. The first-order valence-corrected chi connectivity index (χ1v) is 11.0. The molecule has 1 aliphatic rings. The summed E-state index contributed by atoms with van der Waals surface area (Å²) in [6.07, 6.45) is 0.787. The lowest BCUT2D eigenvalue weighted by Crippen LogP contribution is -2.27. The van der Waals surface area contributed by atoms with Gasteiger partial charge in [0.15, 0.2) is 0 Å². The van der Waals surface area contributed by atoms with Gasteiger partial charge in [-0.3, -0.25) is 9.59 Å². The van der Waals surface area contributed by atoms with E-state index in [-0.39, 0.29) is 31.4 Å². The summed E-state index contributed by atoms with van der Waals surface area (Å²) in [4.78, 5) is 34.4. The number of ether oxygens (including phenoxy) is 1. The maximum Gasteiger partial charge on any atom is 0.407 e. The molecule has 172 valence electrons. The van der Waals surface area contributed by atoms with E-state index >= 15 is 0 Å². The fourth-order valence-corrected chi connectivity index (χ4v) is 3.88. The maximum absolute atomic E-state index is 12.1. The Morgan fingerprint density at radius 2 is 1.64 bits per heavy atom. The smallest absolute Gasteiger partial charge is 0.407 e. The standard InChI is InChI=1S/C26H28N2O5/c1-18(12-13-25(30)31)14-16-27-24(29)11-6-15-28-26(32)33-17-23-21-9-4-2-7-19(21)20-8-3-5-10-22(20)23/h2-5,7-10,18,23H,12-17H2,1H3,(H,27,29)(H,28,32)(H,30,31). The number of fused-ring (bicyclic) bond motifs is 3. The van der Waals surface area contributed by atoms with Gasteiger partial charge in [-0.25, -0.2) is 4.79 Å². The summed E-state index contributed by atoms with van der Waals surface area (Å²) in [5.41, 5.74) is 4.60. The Bertz CT molecular complexity index is 1020. The maximum atomic E-state index is 12.1. The van der Waals surface area contributed by atoms with Gasteiger partial charge in [0, 0.05) is 18.9 Å². The number of benzene rings is 2. The highest BCUT2D eigenvalue weighted by Crippen LogP contribution is 2.44. The van der Waals surface area contributed by atoms with Gasteiger partial charge in [-0.2, -0.15) is 0 Å². The van der Waals surface area contributed by atoms with Crippen molar-refractivity contribution in [3.63, 3.8) is 0 Å². The Morgan fingerprint density at radius 3 is 2.27 bits per heavy atom. The van der Waals surface area contributed by atoms with Crippen LogP contribution in [0, 0.1) is 17.8 Å². The fourth-order valence-electron chi connectivity index (χ4n) is 3.88. The van der Waals surface area contributed by atoms with E-state index in [4.69, 9.17) is 9.84 Å². The molecule has 3 rings (SSSR count). The summed E-state index contributed by atoms with van der Waals surface area (Å²) in [7, 11) is 0. The van der Waals surface area contributed by atoms with Crippen molar-refractivity contribution >= 4 is 18.0 Å². The Balaban J connectivity index is 1.38. The van der Waals surface area contributed by atoms with Crippen molar-refractivity contribution in [3.8, 4) is 23.0 Å². The molecule has 0 saturated carbocycles. The molecular weight excluding hydrogens is 420 g/mol. The molecule has 1 unspecified atom stereocenters. The van der Waals surface area contributed by atoms with E-state index in [1.54, 1.807) is 0 Å². The minimum Gasteiger partial charge on any atom is -0.481 e. The fraction of sp³-hybridized carbons (Fsp3) is 0.346. The third-order valence-corrected chi connectivity index (χ3v) is 5.64. The highest BCUT2D eigenvalue weighted by molar-refractivity contribution is 5.93. The van der Waals surface area contributed by atoms with Crippen LogP contribution in [-0.4, -0.2) is 42.8 Å². The van der Waals surface area contributed by atoms with Crippen molar-refractivity contribution in [2.75, 3.05) is 19.7 Å². The molecule has 0 saturated heterocycles. The van der Waals surface area contributed by atoms with Crippen LogP contribution in [0.4, 0.5) is 4.79 Å². The first-order chi connectivity index (χ1) is 16.0. The quantitative estimate of drug-likeness (QED) is 0.509. The number of aliphatic carboxylic acids is 1. The number of carbonyl (C=O) groups excluding carboxylic acids is 2. The van der Waals surface area contributed by atoms with Crippen molar-refractivity contribution in [1.82, 2.24) is 10.6 Å². The SMILES string of the molecule is CC(CCNC(=O)C#CCNC(=O)OCC1c2ccccc2-c2ccccc21)CCC(=O)O. The molecule has 33 heavy (non-hydrogen) atoms. The average Bonchev–Trinajstić information content (AvgIpc) is 3.13. The molecule has 2 aromatic carbocycles. The lowest BCUT2D eigenvalue weighted by atomic mass is 9.98. The topological polar surface area (TPSA) is 105 Å². The van der Waals surface area contributed by atoms with Crippen LogP contribution in [0.3, 0.4) is 0 Å². The second kappa shape index (κ2) is 11.7. The minimum absolute atomic E-state index is 0.000885. The molecule has 3 N–H and O–H groups in total. The number of hydrogen-bond acceptors (Lipinski definition) is 4. The van der Waals surface area contributed by atoms with Gasteiger partial charge in [-0.05, 0) is 46.9 Å². The van der Waals surface area contributed by atoms with E-state index < -0.39 is 18.0 Å². The van der Waals surface area contributed by atoms with Crippen LogP contribution in [0.2, 0.25) is 0 Å². The number of amides is 2. The number of carbonyl (C=O) groups is 3. The molecule has 2 aromatic rings. The highest BCUT2D eigenvalue weighted by Gasteiger charge is 2.28. The average molecular weight is 449 g/mol. The van der Waals surface area contributed by atoms with Crippen molar-refractivity contribution in [1.29, 1.82) is 0 Å². The molecule has 0 aliphatic heterocycles. The number of alkyl carbamates (subject to hydrolysis) is 1. The van der Waals surface area contributed by atoms with Crippen LogP contribution in [-0.2, 0) is 14.3 Å². The van der Waals surface area contributed by atoms with E-state index in [1.807, 2.05) is 31.2 Å². The van der Waals surface area contributed by atoms with Crippen LogP contribution in [0.5, 0.6) is 0 Å². The molecule has 1 atom stereocenters. The molecular formula is C26H28N2O5. The lowest BCUT2D eigenvalue weighted by Gasteiger charge is -2.14. The zero-order valence-electron chi connectivity index (χ0n) is 18.6. The number of carboxylic acid groups (broad SMARTS) is 1. The highest BCUT2D eigenvalue weighted by atomic mass is 16.5. The summed E-state index contributed by atoms with van der Waals surface area (Å²) >= 11 is 0. The lowest BCUT2D eigenvalue weighted by molar-refractivity contribution is -0.137. The molecule has 0 radical (unpaired) electrons. The molecule has 1 aliphatic carbocycles. The van der Waals surface area contributed by atoms with Crippen LogP contribution < -0.4 is 10.6 Å². The van der Waals surface area contributed by atoms with E-state index in [0.717, 1.165) is 22.3 Å². The number of nitrogens with one attached hydrogen (secondary N) is 2. The third kappa shape index (κ3) is 6.84. The van der Waals surface area contributed by atoms with Gasteiger partial charge in [-0.1, -0.05) is 61.4 Å². The van der Waals surface area contributed by atoms with Crippen molar-refractivity contribution in [2.24, 2.45) is 5.92 Å². The van der Waals surface area contributed by atoms with Gasteiger partial charge in [0.05, 0.1) is 6.54 Å². The molecule has 0 fully saturated rings. The van der Waals surface area contributed by atoms with Gasteiger partial charge in [-0.15, -0.1) is 0 Å². The Labute approximate surface area is 193 Å². The Morgan fingerprint density at radius 1 is 1.00 bits per heavy atom. The third-order valence-electron chi connectivity index (χ3n) is 5.64. The first kappa shape index (κ1) is 23.9. The predicted molar refractivity (Wildman–Crippen MR) is 125 cm³/mol. The van der Waals surface area contributed by atoms with E-state index in [9.17, 15) is 14.4 Å². The van der Waals surface area contributed by atoms with Gasteiger partial charge >= 0.3 is 12.1 Å². The molecule has 0 aromatic heterocycles. The zero-order chi connectivity index (χ0) is 23.6. The van der Waals surface area contributed by atoms with Gasteiger partial charge in [0.25, 0.3) is 5.91 Å². The number of rotatable bonds is 9.